The molecule has 0 bridgehead atoms. The zero-order chi connectivity index (χ0) is 20.4. The molecule has 4 rings (SSSR count). The second kappa shape index (κ2) is 8.56. The average molecular weight is 397 g/mol. The first-order valence-corrected chi connectivity index (χ1v) is 10.9. The third-order valence-electron chi connectivity index (χ3n) is 6.84. The van der Waals surface area contributed by atoms with Crippen molar-refractivity contribution < 1.29 is 9.53 Å². The number of ether oxygens (including phenoxy) is 1. The van der Waals surface area contributed by atoms with Crippen LogP contribution in [0.4, 0.5) is 5.82 Å². The van der Waals surface area contributed by atoms with Crippen molar-refractivity contribution in [2.45, 2.75) is 52.0 Å². The van der Waals surface area contributed by atoms with Crippen molar-refractivity contribution in [3.05, 3.63) is 24.3 Å². The number of hydrogen-bond donors (Lipinski definition) is 1. The lowest BCUT2D eigenvalue weighted by Gasteiger charge is -2.37. The van der Waals surface area contributed by atoms with E-state index in [2.05, 4.69) is 29.0 Å². The first kappa shape index (κ1) is 19.9. The Hall–Kier alpha value is -2.37. The maximum absolute atomic E-state index is 13.1. The molecule has 2 aromatic rings. The third kappa shape index (κ3) is 4.16. The Morgan fingerprint density at radius 3 is 2.62 bits per heavy atom. The van der Waals surface area contributed by atoms with Gasteiger partial charge in [-0.05, 0) is 43.2 Å². The van der Waals surface area contributed by atoms with Crippen LogP contribution in [0.25, 0.3) is 11.0 Å². The van der Waals surface area contributed by atoms with Crippen LogP contribution in [-0.4, -0.2) is 42.1 Å². The first-order valence-electron chi connectivity index (χ1n) is 10.9. The number of piperidine rings is 1. The van der Waals surface area contributed by atoms with E-state index in [1.54, 1.807) is 7.11 Å². The van der Waals surface area contributed by atoms with Gasteiger partial charge in [-0.15, -0.1) is 0 Å². The molecule has 1 aliphatic heterocycles. The Morgan fingerprint density at radius 1 is 1.10 bits per heavy atom. The summed E-state index contributed by atoms with van der Waals surface area (Å²) >= 11 is 0. The van der Waals surface area contributed by atoms with Crippen molar-refractivity contribution in [3.8, 4) is 5.88 Å². The molecule has 1 aromatic carbocycles. The summed E-state index contributed by atoms with van der Waals surface area (Å²) in [5.41, 5.74) is 1.67. The number of nitrogens with zero attached hydrogens (tertiary/aromatic N) is 3. The number of benzene rings is 1. The molecule has 1 N–H and O–H groups in total. The predicted octanol–water partition coefficient (Wildman–Crippen LogP) is 3.80. The van der Waals surface area contributed by atoms with Crippen molar-refractivity contribution in [1.29, 1.82) is 0 Å². The molecule has 0 unspecified atom stereocenters. The molecular formula is C23H32N4O2. The molecule has 1 saturated heterocycles. The Bertz CT molecular complexity index is 871. The van der Waals surface area contributed by atoms with Gasteiger partial charge in [-0.3, -0.25) is 4.79 Å². The highest BCUT2D eigenvalue weighted by Gasteiger charge is 2.33. The number of fused-ring (bicyclic) bond motifs is 1. The second-order valence-electron chi connectivity index (χ2n) is 8.71. The van der Waals surface area contributed by atoms with Gasteiger partial charge in [-0.25, -0.2) is 9.97 Å². The summed E-state index contributed by atoms with van der Waals surface area (Å²) in [4.78, 5) is 24.7. The van der Waals surface area contributed by atoms with Gasteiger partial charge < -0.3 is 15.0 Å². The van der Waals surface area contributed by atoms with Crippen LogP contribution in [0.3, 0.4) is 0 Å². The molecule has 2 heterocycles. The van der Waals surface area contributed by atoms with Gasteiger partial charge in [0, 0.05) is 19.1 Å². The Labute approximate surface area is 173 Å². The molecule has 0 spiro atoms. The zero-order valence-electron chi connectivity index (χ0n) is 17.7. The van der Waals surface area contributed by atoms with Gasteiger partial charge in [0.2, 0.25) is 5.91 Å². The molecule has 156 valence electrons. The summed E-state index contributed by atoms with van der Waals surface area (Å²) in [6.45, 7) is 6.10. The molecule has 29 heavy (non-hydrogen) atoms. The van der Waals surface area contributed by atoms with Crippen molar-refractivity contribution >= 4 is 22.8 Å². The van der Waals surface area contributed by atoms with Crippen LogP contribution in [0.15, 0.2) is 24.3 Å². The summed E-state index contributed by atoms with van der Waals surface area (Å²) in [6, 6.07) is 8.12. The van der Waals surface area contributed by atoms with E-state index in [0.717, 1.165) is 42.7 Å². The Balaban J connectivity index is 1.49. The smallest absolute Gasteiger partial charge is 0.257 e. The van der Waals surface area contributed by atoms with Gasteiger partial charge in [0.15, 0.2) is 5.82 Å². The quantitative estimate of drug-likeness (QED) is 0.851. The molecule has 1 saturated carbocycles. The SMILES string of the molecule is COc1nc2ccccc2nc1N1CCC[C@H](C(=O)N[C@@H]2CCC[C@@H](C)[C@@H]2C)C1. The monoisotopic (exact) mass is 396 g/mol. The van der Waals surface area contributed by atoms with Gasteiger partial charge in [-0.2, -0.15) is 0 Å². The largest absolute Gasteiger partial charge is 0.478 e. The highest BCUT2D eigenvalue weighted by Crippen LogP contribution is 2.32. The fraction of sp³-hybridized carbons (Fsp3) is 0.609. The molecule has 6 heteroatoms. The topological polar surface area (TPSA) is 67.4 Å². The number of carbonyl (C=O) groups excluding carboxylic acids is 1. The van der Waals surface area contributed by atoms with Crippen molar-refractivity contribution in [3.63, 3.8) is 0 Å². The van der Waals surface area contributed by atoms with Crippen LogP contribution < -0.4 is 15.0 Å². The first-order chi connectivity index (χ1) is 14.1. The van der Waals surface area contributed by atoms with Crippen LogP contribution in [-0.2, 0) is 4.79 Å². The van der Waals surface area contributed by atoms with Crippen molar-refractivity contribution in [2.24, 2.45) is 17.8 Å². The lowest BCUT2D eigenvalue weighted by atomic mass is 9.78. The molecule has 1 amide bonds. The van der Waals surface area contributed by atoms with E-state index in [4.69, 9.17) is 9.72 Å². The van der Waals surface area contributed by atoms with E-state index in [1.165, 1.54) is 12.8 Å². The van der Waals surface area contributed by atoms with Crippen LogP contribution in [0.2, 0.25) is 0 Å². The van der Waals surface area contributed by atoms with Crippen molar-refractivity contribution in [2.75, 3.05) is 25.1 Å². The van der Waals surface area contributed by atoms with E-state index in [1.807, 2.05) is 24.3 Å². The Kier molecular flexibility index (Phi) is 5.88. The number of rotatable bonds is 4. The highest BCUT2D eigenvalue weighted by atomic mass is 16.5. The summed E-state index contributed by atoms with van der Waals surface area (Å²) in [7, 11) is 1.63. The number of methoxy groups -OCH3 is 1. The number of para-hydroxylation sites is 2. The predicted molar refractivity (Wildman–Crippen MR) is 115 cm³/mol. The average Bonchev–Trinajstić information content (AvgIpc) is 2.76. The zero-order valence-corrected chi connectivity index (χ0v) is 17.7. The van der Waals surface area contributed by atoms with Gasteiger partial charge in [0.1, 0.15) is 0 Å². The maximum atomic E-state index is 13.1. The molecule has 1 aromatic heterocycles. The summed E-state index contributed by atoms with van der Waals surface area (Å²) in [5.74, 6) is 2.65. The standard InChI is InChI=1S/C23H32N4O2/c1-15-8-6-12-18(16(15)2)25-22(28)17-9-7-13-27(14-17)21-23(29-3)26-20-11-5-4-10-19(20)24-21/h4-5,10-11,15-18H,6-9,12-14H2,1-3H3,(H,25,28)/t15-,16+,17+,18-/m1/s1. The van der Waals surface area contributed by atoms with Gasteiger partial charge >= 0.3 is 0 Å². The Morgan fingerprint density at radius 2 is 1.86 bits per heavy atom. The second-order valence-corrected chi connectivity index (χ2v) is 8.71. The third-order valence-corrected chi connectivity index (χ3v) is 6.84. The van der Waals surface area contributed by atoms with Crippen LogP contribution in [0.1, 0.15) is 46.0 Å². The fourth-order valence-electron chi connectivity index (χ4n) is 4.79. The van der Waals surface area contributed by atoms with Crippen LogP contribution in [0, 0.1) is 17.8 Å². The minimum atomic E-state index is -0.0221. The molecule has 6 nitrogen and oxygen atoms in total. The number of amides is 1. The molecule has 1 aliphatic carbocycles. The molecular weight excluding hydrogens is 364 g/mol. The fourth-order valence-corrected chi connectivity index (χ4v) is 4.79. The summed E-state index contributed by atoms with van der Waals surface area (Å²) in [6.07, 6.45) is 5.45. The normalized spacial score (nSPS) is 27.6. The molecule has 2 aliphatic rings. The van der Waals surface area contributed by atoms with Crippen LogP contribution >= 0.6 is 0 Å². The van der Waals surface area contributed by atoms with E-state index < -0.39 is 0 Å². The summed E-state index contributed by atoms with van der Waals surface area (Å²) < 4.78 is 5.53. The number of carbonyl (C=O) groups is 1. The van der Waals surface area contributed by atoms with Gasteiger partial charge in [0.05, 0.1) is 24.1 Å². The molecule has 2 fully saturated rings. The van der Waals surface area contributed by atoms with E-state index in [-0.39, 0.29) is 11.8 Å². The number of hydrogen-bond acceptors (Lipinski definition) is 5. The summed E-state index contributed by atoms with van der Waals surface area (Å²) in [5, 5.41) is 3.37. The minimum absolute atomic E-state index is 0.0221. The van der Waals surface area contributed by atoms with E-state index >= 15 is 0 Å². The van der Waals surface area contributed by atoms with Crippen LogP contribution in [0.5, 0.6) is 5.88 Å². The lowest BCUT2D eigenvalue weighted by molar-refractivity contribution is -0.126. The van der Waals surface area contributed by atoms with Crippen molar-refractivity contribution in [1.82, 2.24) is 15.3 Å². The lowest BCUT2D eigenvalue weighted by Crippen LogP contribution is -2.49. The number of nitrogens with one attached hydrogen (secondary N) is 1. The number of anilines is 1. The highest BCUT2D eigenvalue weighted by molar-refractivity contribution is 5.81. The van der Waals surface area contributed by atoms with Gasteiger partial charge in [-0.1, -0.05) is 38.8 Å². The minimum Gasteiger partial charge on any atom is -0.478 e. The molecule has 0 radical (unpaired) electrons. The maximum Gasteiger partial charge on any atom is 0.257 e. The number of aromatic nitrogens is 2. The van der Waals surface area contributed by atoms with E-state index in [9.17, 15) is 4.79 Å². The van der Waals surface area contributed by atoms with E-state index in [0.29, 0.717) is 30.3 Å². The molecule has 4 atom stereocenters. The van der Waals surface area contributed by atoms with Gasteiger partial charge in [0.25, 0.3) is 5.88 Å².